The summed E-state index contributed by atoms with van der Waals surface area (Å²) >= 11 is 3.38. The van der Waals surface area contributed by atoms with E-state index in [2.05, 4.69) is 55.1 Å². The molecule has 0 bridgehead atoms. The molecule has 1 fully saturated rings. The van der Waals surface area contributed by atoms with Gasteiger partial charge in [0.15, 0.2) is 0 Å². The van der Waals surface area contributed by atoms with Gasteiger partial charge in [0.2, 0.25) is 5.95 Å². The molecule has 1 aliphatic heterocycles. The van der Waals surface area contributed by atoms with Gasteiger partial charge in [0.25, 0.3) is 0 Å². The van der Waals surface area contributed by atoms with E-state index in [4.69, 9.17) is 4.74 Å². The maximum Gasteiger partial charge on any atom is 0.225 e. The van der Waals surface area contributed by atoms with Crippen molar-refractivity contribution >= 4 is 21.9 Å². The maximum absolute atomic E-state index is 6.22. The quantitative estimate of drug-likeness (QED) is 0.796. The van der Waals surface area contributed by atoms with Crippen LogP contribution in [0.1, 0.15) is 17.5 Å². The smallest absolute Gasteiger partial charge is 0.225 e. The van der Waals surface area contributed by atoms with Crippen LogP contribution in [-0.2, 0) is 16.8 Å². The Morgan fingerprint density at radius 2 is 2.00 bits per heavy atom. The lowest BCUT2D eigenvalue weighted by molar-refractivity contribution is -0.0596. The van der Waals surface area contributed by atoms with Gasteiger partial charge >= 0.3 is 0 Å². The molecule has 0 saturated carbocycles. The highest BCUT2D eigenvalue weighted by Gasteiger charge is 2.43. The fourth-order valence-electron chi connectivity index (χ4n) is 3.39. The van der Waals surface area contributed by atoms with E-state index in [1.54, 1.807) is 12.4 Å². The van der Waals surface area contributed by atoms with Gasteiger partial charge < -0.3 is 9.64 Å². The summed E-state index contributed by atoms with van der Waals surface area (Å²) in [6.45, 7) is 2.38. The van der Waals surface area contributed by atoms with Gasteiger partial charge in [-0.05, 0) is 39.9 Å². The monoisotopic (exact) mass is 345 g/mol. The predicted octanol–water partition coefficient (Wildman–Crippen LogP) is 2.92. The summed E-state index contributed by atoms with van der Waals surface area (Å²) in [7, 11) is 0. The molecule has 1 aliphatic carbocycles. The van der Waals surface area contributed by atoms with E-state index < -0.39 is 0 Å². The molecule has 2 heterocycles. The van der Waals surface area contributed by atoms with Crippen molar-refractivity contribution in [1.82, 2.24) is 9.97 Å². The van der Waals surface area contributed by atoms with Crippen LogP contribution in [0.15, 0.2) is 41.1 Å². The lowest BCUT2D eigenvalue weighted by atomic mass is 9.94. The standard InChI is InChI=1S/C16H16BrN3O/c17-13-9-18-15(19-10-13)20-7-8-21-16(11-20)6-5-12-3-1-2-4-14(12)16/h1-4,9-10H,5-8,11H2. The van der Waals surface area contributed by atoms with Gasteiger partial charge in [-0.1, -0.05) is 24.3 Å². The molecule has 1 unspecified atom stereocenters. The number of benzene rings is 1. The molecule has 0 radical (unpaired) electrons. The summed E-state index contributed by atoms with van der Waals surface area (Å²) < 4.78 is 7.13. The predicted molar refractivity (Wildman–Crippen MR) is 84.3 cm³/mol. The first-order valence-corrected chi connectivity index (χ1v) is 8.01. The molecule has 1 atom stereocenters. The van der Waals surface area contributed by atoms with Gasteiger partial charge in [-0.25, -0.2) is 9.97 Å². The van der Waals surface area contributed by atoms with Crippen molar-refractivity contribution in [3.05, 3.63) is 52.3 Å². The second kappa shape index (κ2) is 5.07. The van der Waals surface area contributed by atoms with E-state index in [1.165, 1.54) is 11.1 Å². The second-order valence-electron chi connectivity index (χ2n) is 5.62. The van der Waals surface area contributed by atoms with Crippen LogP contribution in [0.5, 0.6) is 0 Å². The number of morpholine rings is 1. The van der Waals surface area contributed by atoms with Gasteiger partial charge in [-0.15, -0.1) is 0 Å². The lowest BCUT2D eigenvalue weighted by Gasteiger charge is -2.41. The Hall–Kier alpha value is -1.46. The van der Waals surface area contributed by atoms with Crippen molar-refractivity contribution < 1.29 is 4.74 Å². The summed E-state index contributed by atoms with van der Waals surface area (Å²) in [6, 6.07) is 8.62. The average Bonchev–Trinajstić information content (AvgIpc) is 2.87. The van der Waals surface area contributed by atoms with Crippen LogP contribution in [0.25, 0.3) is 0 Å². The molecule has 1 aromatic heterocycles. The fraction of sp³-hybridized carbons (Fsp3) is 0.375. The van der Waals surface area contributed by atoms with Gasteiger partial charge in [-0.2, -0.15) is 0 Å². The summed E-state index contributed by atoms with van der Waals surface area (Å²) in [5.41, 5.74) is 2.56. The Kier molecular flexibility index (Phi) is 3.19. The zero-order valence-electron chi connectivity index (χ0n) is 11.6. The summed E-state index contributed by atoms with van der Waals surface area (Å²) in [6.07, 6.45) is 5.73. The SMILES string of the molecule is Brc1cnc(N2CCOC3(CCc4ccccc43)C2)nc1. The Morgan fingerprint density at radius 1 is 1.19 bits per heavy atom. The molecule has 21 heavy (non-hydrogen) atoms. The van der Waals surface area contributed by atoms with Crippen molar-refractivity contribution in [1.29, 1.82) is 0 Å². The highest BCUT2D eigenvalue weighted by atomic mass is 79.9. The number of aryl methyl sites for hydroxylation is 1. The van der Waals surface area contributed by atoms with Crippen molar-refractivity contribution in [2.24, 2.45) is 0 Å². The van der Waals surface area contributed by atoms with Crippen molar-refractivity contribution in [2.75, 3.05) is 24.6 Å². The van der Waals surface area contributed by atoms with Crippen molar-refractivity contribution in [2.45, 2.75) is 18.4 Å². The summed E-state index contributed by atoms with van der Waals surface area (Å²) in [5, 5.41) is 0. The van der Waals surface area contributed by atoms with E-state index >= 15 is 0 Å². The number of rotatable bonds is 1. The largest absolute Gasteiger partial charge is 0.367 e. The molecule has 0 amide bonds. The minimum atomic E-state index is -0.189. The van der Waals surface area contributed by atoms with Crippen LogP contribution in [0, 0.1) is 0 Å². The zero-order valence-corrected chi connectivity index (χ0v) is 13.2. The van der Waals surface area contributed by atoms with Gasteiger partial charge in [0.1, 0.15) is 5.60 Å². The van der Waals surface area contributed by atoms with E-state index in [0.717, 1.165) is 36.4 Å². The molecule has 4 nitrogen and oxygen atoms in total. The van der Waals surface area contributed by atoms with Gasteiger partial charge in [-0.3, -0.25) is 0 Å². The van der Waals surface area contributed by atoms with Crippen LogP contribution in [0.2, 0.25) is 0 Å². The Morgan fingerprint density at radius 3 is 2.86 bits per heavy atom. The molecule has 1 saturated heterocycles. The molecular weight excluding hydrogens is 330 g/mol. The Bertz CT molecular complexity index is 657. The van der Waals surface area contributed by atoms with Gasteiger partial charge in [0.05, 0.1) is 17.6 Å². The number of nitrogens with zero attached hydrogens (tertiary/aromatic N) is 3. The first-order chi connectivity index (χ1) is 10.3. The number of ether oxygens (including phenoxy) is 1. The Balaban J connectivity index is 1.66. The highest BCUT2D eigenvalue weighted by Crippen LogP contribution is 2.42. The highest BCUT2D eigenvalue weighted by molar-refractivity contribution is 9.10. The number of fused-ring (bicyclic) bond motifs is 2. The third-order valence-electron chi connectivity index (χ3n) is 4.38. The van der Waals surface area contributed by atoms with E-state index in [0.29, 0.717) is 6.61 Å². The van der Waals surface area contributed by atoms with E-state index in [-0.39, 0.29) is 5.60 Å². The Labute approximate surface area is 132 Å². The van der Waals surface area contributed by atoms with Crippen LogP contribution < -0.4 is 4.90 Å². The van der Waals surface area contributed by atoms with Crippen LogP contribution in [-0.4, -0.2) is 29.7 Å². The van der Waals surface area contributed by atoms with E-state index in [1.807, 2.05) is 0 Å². The minimum Gasteiger partial charge on any atom is -0.367 e. The molecule has 2 aliphatic rings. The molecule has 108 valence electrons. The first kappa shape index (κ1) is 13.2. The summed E-state index contributed by atoms with van der Waals surface area (Å²) in [5.74, 6) is 0.783. The third kappa shape index (κ3) is 2.24. The van der Waals surface area contributed by atoms with Crippen molar-refractivity contribution in [3.63, 3.8) is 0 Å². The van der Waals surface area contributed by atoms with Crippen LogP contribution in [0.4, 0.5) is 5.95 Å². The number of aromatic nitrogens is 2. The normalized spacial score (nSPS) is 24.3. The number of anilines is 1. The maximum atomic E-state index is 6.22. The average molecular weight is 346 g/mol. The molecule has 1 aromatic carbocycles. The molecule has 2 aromatic rings. The zero-order chi connectivity index (χ0) is 14.3. The fourth-order valence-corrected chi connectivity index (χ4v) is 3.60. The molecule has 1 spiro atoms. The third-order valence-corrected chi connectivity index (χ3v) is 4.79. The number of hydrogen-bond acceptors (Lipinski definition) is 4. The molecular formula is C16H16BrN3O. The number of halogens is 1. The molecule has 0 N–H and O–H groups in total. The topological polar surface area (TPSA) is 38.2 Å². The van der Waals surface area contributed by atoms with Crippen molar-refractivity contribution in [3.8, 4) is 0 Å². The minimum absolute atomic E-state index is 0.189. The molecule has 4 rings (SSSR count). The first-order valence-electron chi connectivity index (χ1n) is 7.22. The van der Waals surface area contributed by atoms with Crippen LogP contribution >= 0.6 is 15.9 Å². The second-order valence-corrected chi connectivity index (χ2v) is 6.54. The summed E-state index contributed by atoms with van der Waals surface area (Å²) in [4.78, 5) is 11.1. The molecule has 5 heteroatoms. The lowest BCUT2D eigenvalue weighted by Crippen LogP contribution is -2.49. The van der Waals surface area contributed by atoms with E-state index in [9.17, 15) is 0 Å². The van der Waals surface area contributed by atoms with Crippen LogP contribution in [0.3, 0.4) is 0 Å². The van der Waals surface area contributed by atoms with Gasteiger partial charge in [0, 0.05) is 18.9 Å². The number of hydrogen-bond donors (Lipinski definition) is 0.